The third-order valence-corrected chi connectivity index (χ3v) is 4.08. The van der Waals surface area contributed by atoms with E-state index < -0.39 is 0 Å². The van der Waals surface area contributed by atoms with Gasteiger partial charge in [0.15, 0.2) is 12.3 Å². The Morgan fingerprint density at radius 3 is 2.73 bits per heavy atom. The molecule has 0 bridgehead atoms. The molecule has 8 heteroatoms. The molecule has 1 atom stereocenters. The highest BCUT2D eigenvalue weighted by Crippen LogP contribution is 2.19. The second kappa shape index (κ2) is 7.90. The number of hydrogen-bond donors (Lipinski definition) is 1. The quantitative estimate of drug-likeness (QED) is 0.842. The van der Waals surface area contributed by atoms with Crippen molar-refractivity contribution < 1.29 is 23.5 Å². The molecule has 2 amide bonds. The van der Waals surface area contributed by atoms with Gasteiger partial charge >= 0.3 is 0 Å². The molecule has 0 spiro atoms. The molecule has 1 N–H and O–H groups in total. The molecular formula is C18H21N3O5. The van der Waals surface area contributed by atoms with Crippen LogP contribution in [0, 0.1) is 0 Å². The fraction of sp³-hybridized carbons (Fsp3) is 0.389. The van der Waals surface area contributed by atoms with Crippen molar-refractivity contribution in [2.75, 3.05) is 20.2 Å². The van der Waals surface area contributed by atoms with E-state index in [0.717, 1.165) is 12.2 Å². The second-order valence-electron chi connectivity index (χ2n) is 6.03. The lowest BCUT2D eigenvalue weighted by Crippen LogP contribution is -2.37. The zero-order valence-electron chi connectivity index (χ0n) is 14.7. The molecule has 26 heavy (non-hydrogen) atoms. The van der Waals surface area contributed by atoms with E-state index in [1.807, 2.05) is 0 Å². The molecule has 2 aromatic rings. The summed E-state index contributed by atoms with van der Waals surface area (Å²) in [6.45, 7) is 2.64. The number of oxazole rings is 1. The van der Waals surface area contributed by atoms with Crippen molar-refractivity contribution in [2.24, 2.45) is 0 Å². The molecule has 0 radical (unpaired) electrons. The van der Waals surface area contributed by atoms with Crippen molar-refractivity contribution in [2.45, 2.75) is 26.0 Å². The highest BCUT2D eigenvalue weighted by atomic mass is 16.5. The van der Waals surface area contributed by atoms with Crippen LogP contribution >= 0.6 is 0 Å². The van der Waals surface area contributed by atoms with Crippen LogP contribution in [0.1, 0.15) is 29.7 Å². The molecule has 0 aliphatic carbocycles. The average Bonchev–Trinajstić information content (AvgIpc) is 3.29. The minimum Gasteiger partial charge on any atom is -0.497 e. The highest BCUT2D eigenvalue weighted by Gasteiger charge is 2.29. The van der Waals surface area contributed by atoms with E-state index in [-0.39, 0.29) is 30.2 Å². The fourth-order valence-corrected chi connectivity index (χ4v) is 2.80. The van der Waals surface area contributed by atoms with Crippen LogP contribution < -0.4 is 14.8 Å². The zero-order chi connectivity index (χ0) is 18.5. The minimum absolute atomic E-state index is 0.0128. The molecule has 1 aliphatic heterocycles. The Hall–Kier alpha value is -3.03. The van der Waals surface area contributed by atoms with Crippen LogP contribution in [-0.2, 0) is 11.4 Å². The van der Waals surface area contributed by atoms with Gasteiger partial charge in [0.05, 0.1) is 7.11 Å². The molecule has 138 valence electrons. The van der Waals surface area contributed by atoms with E-state index in [0.29, 0.717) is 24.7 Å². The molecule has 0 unspecified atom stereocenters. The first-order chi connectivity index (χ1) is 12.5. The molecule has 0 saturated carbocycles. The third-order valence-electron chi connectivity index (χ3n) is 4.08. The molecule has 3 rings (SSSR count). The first-order valence-corrected chi connectivity index (χ1v) is 8.33. The molecule has 1 aromatic heterocycles. The number of carbonyl (C=O) groups excluding carboxylic acids is 2. The predicted octanol–water partition coefficient (Wildman–Crippen LogP) is 1.61. The summed E-state index contributed by atoms with van der Waals surface area (Å²) in [5, 5.41) is 2.82. The lowest BCUT2D eigenvalue weighted by molar-refractivity contribution is -0.119. The molecular weight excluding hydrogens is 338 g/mol. The summed E-state index contributed by atoms with van der Waals surface area (Å²) in [7, 11) is 1.60. The van der Waals surface area contributed by atoms with E-state index >= 15 is 0 Å². The standard InChI is InChI=1S/C18H21N3O5/c1-12(22)19-13-7-8-21(9-13)18(23)16-10-26-17(20-16)11-25-15-5-3-14(24-2)4-6-15/h3-6,10,13H,7-9,11H2,1-2H3,(H,19,22)/t13-/m0/s1. The molecule has 1 saturated heterocycles. The molecule has 8 nitrogen and oxygen atoms in total. The smallest absolute Gasteiger partial charge is 0.275 e. The molecule has 1 aliphatic rings. The summed E-state index contributed by atoms with van der Waals surface area (Å²) in [6, 6.07) is 7.12. The number of amides is 2. The monoisotopic (exact) mass is 359 g/mol. The first-order valence-electron chi connectivity index (χ1n) is 8.33. The molecule has 1 aromatic carbocycles. The van der Waals surface area contributed by atoms with Crippen LogP contribution in [0.15, 0.2) is 34.9 Å². The largest absolute Gasteiger partial charge is 0.497 e. The van der Waals surface area contributed by atoms with Crippen molar-refractivity contribution in [3.63, 3.8) is 0 Å². The summed E-state index contributed by atoms with van der Waals surface area (Å²) in [4.78, 5) is 29.4. The Balaban J connectivity index is 1.53. The lowest BCUT2D eigenvalue weighted by Gasteiger charge is -2.15. The second-order valence-corrected chi connectivity index (χ2v) is 6.03. The number of nitrogens with one attached hydrogen (secondary N) is 1. The van der Waals surface area contributed by atoms with Crippen molar-refractivity contribution in [3.05, 3.63) is 42.1 Å². The highest BCUT2D eigenvalue weighted by molar-refractivity contribution is 5.92. The van der Waals surface area contributed by atoms with E-state index in [4.69, 9.17) is 13.9 Å². The van der Waals surface area contributed by atoms with Gasteiger partial charge in [0, 0.05) is 26.1 Å². The van der Waals surface area contributed by atoms with Gasteiger partial charge in [-0.15, -0.1) is 0 Å². The minimum atomic E-state index is -0.211. The topological polar surface area (TPSA) is 93.9 Å². The van der Waals surface area contributed by atoms with Crippen LogP contribution in [0.5, 0.6) is 11.5 Å². The van der Waals surface area contributed by atoms with Gasteiger partial charge in [0.25, 0.3) is 5.91 Å². The van der Waals surface area contributed by atoms with Crippen molar-refractivity contribution in [1.82, 2.24) is 15.2 Å². The van der Waals surface area contributed by atoms with Gasteiger partial charge in [-0.3, -0.25) is 9.59 Å². The number of hydrogen-bond acceptors (Lipinski definition) is 6. The van der Waals surface area contributed by atoms with Crippen molar-refractivity contribution >= 4 is 11.8 Å². The third kappa shape index (κ3) is 4.33. The fourth-order valence-electron chi connectivity index (χ4n) is 2.80. The summed E-state index contributed by atoms with van der Waals surface area (Å²) >= 11 is 0. The molecule has 1 fully saturated rings. The number of ether oxygens (including phenoxy) is 2. The van der Waals surface area contributed by atoms with E-state index in [2.05, 4.69) is 10.3 Å². The van der Waals surface area contributed by atoms with Gasteiger partial charge in [-0.2, -0.15) is 0 Å². The Kier molecular flexibility index (Phi) is 5.40. The number of aromatic nitrogens is 1. The number of carbonyl (C=O) groups is 2. The Bertz CT molecular complexity index is 771. The lowest BCUT2D eigenvalue weighted by atomic mass is 10.2. The van der Waals surface area contributed by atoms with Gasteiger partial charge < -0.3 is 24.1 Å². The number of likely N-dealkylation sites (tertiary alicyclic amines) is 1. The van der Waals surface area contributed by atoms with Crippen LogP contribution in [-0.4, -0.2) is 47.9 Å². The maximum atomic E-state index is 12.5. The Labute approximate surface area is 151 Å². The van der Waals surface area contributed by atoms with Crippen LogP contribution in [0.4, 0.5) is 0 Å². The Morgan fingerprint density at radius 2 is 2.04 bits per heavy atom. The number of benzene rings is 1. The van der Waals surface area contributed by atoms with Crippen molar-refractivity contribution in [1.29, 1.82) is 0 Å². The summed E-state index contributed by atoms with van der Waals surface area (Å²) < 4.78 is 16.0. The van der Waals surface area contributed by atoms with Crippen LogP contribution in [0.2, 0.25) is 0 Å². The number of methoxy groups -OCH3 is 1. The van der Waals surface area contributed by atoms with E-state index in [1.165, 1.54) is 13.2 Å². The van der Waals surface area contributed by atoms with Crippen LogP contribution in [0.3, 0.4) is 0 Å². The van der Waals surface area contributed by atoms with E-state index in [1.54, 1.807) is 36.3 Å². The van der Waals surface area contributed by atoms with Crippen molar-refractivity contribution in [3.8, 4) is 11.5 Å². The molecule has 2 heterocycles. The summed E-state index contributed by atoms with van der Waals surface area (Å²) in [6.07, 6.45) is 2.07. The predicted molar refractivity (Wildman–Crippen MR) is 92.0 cm³/mol. The van der Waals surface area contributed by atoms with E-state index in [9.17, 15) is 9.59 Å². The normalized spacial score (nSPS) is 16.4. The number of rotatable bonds is 6. The van der Waals surface area contributed by atoms with Gasteiger partial charge in [0.1, 0.15) is 17.8 Å². The van der Waals surface area contributed by atoms with Gasteiger partial charge in [-0.1, -0.05) is 0 Å². The van der Waals surface area contributed by atoms with Crippen LogP contribution in [0.25, 0.3) is 0 Å². The maximum absolute atomic E-state index is 12.5. The maximum Gasteiger partial charge on any atom is 0.275 e. The zero-order valence-corrected chi connectivity index (χ0v) is 14.7. The Morgan fingerprint density at radius 1 is 1.31 bits per heavy atom. The first kappa shape index (κ1) is 17.8. The van der Waals surface area contributed by atoms with Gasteiger partial charge in [-0.05, 0) is 30.7 Å². The van der Waals surface area contributed by atoms with Gasteiger partial charge in [-0.25, -0.2) is 4.98 Å². The van der Waals surface area contributed by atoms with Gasteiger partial charge in [0.2, 0.25) is 11.8 Å². The SMILES string of the molecule is COc1ccc(OCc2nc(C(=O)N3CC[C@H](NC(C)=O)C3)co2)cc1. The average molecular weight is 359 g/mol. The summed E-state index contributed by atoms with van der Waals surface area (Å²) in [5.41, 5.74) is 0.238. The summed E-state index contributed by atoms with van der Waals surface area (Å²) in [5.74, 6) is 1.40. The number of nitrogens with zero attached hydrogens (tertiary/aromatic N) is 2.